The predicted molar refractivity (Wildman–Crippen MR) is 63.9 cm³/mol. The van der Waals surface area contributed by atoms with E-state index in [4.69, 9.17) is 5.73 Å². The molecule has 0 aromatic carbocycles. The van der Waals surface area contributed by atoms with Gasteiger partial charge in [0.25, 0.3) is 0 Å². The van der Waals surface area contributed by atoms with E-state index in [1.165, 1.54) is 0 Å². The predicted octanol–water partition coefficient (Wildman–Crippen LogP) is 1.45. The van der Waals surface area contributed by atoms with Crippen LogP contribution >= 0.6 is 0 Å². The molecular weight excluding hydrogens is 279 g/mol. The number of alkyl halides is 3. The Morgan fingerprint density at radius 3 is 2.55 bits per heavy atom. The molecule has 0 aromatic rings. The fourth-order valence-electron chi connectivity index (χ4n) is 2.30. The second-order valence-electron chi connectivity index (χ2n) is 4.73. The van der Waals surface area contributed by atoms with Gasteiger partial charge >= 0.3 is 18.3 Å². The van der Waals surface area contributed by atoms with Crippen molar-refractivity contribution >= 4 is 12.1 Å². The first kappa shape index (κ1) is 16.4. The maximum atomic E-state index is 12.4. The molecule has 0 spiro atoms. The number of primary amides is 1. The highest BCUT2D eigenvalue weighted by Crippen LogP contribution is 2.30. The van der Waals surface area contributed by atoms with Crippen molar-refractivity contribution in [2.45, 2.75) is 32.0 Å². The highest BCUT2D eigenvalue weighted by molar-refractivity contribution is 5.72. The van der Waals surface area contributed by atoms with Gasteiger partial charge in [-0.05, 0) is 19.3 Å². The second-order valence-corrected chi connectivity index (χ2v) is 4.73. The molecule has 1 saturated heterocycles. The Bertz CT molecular complexity index is 363. The Kier molecular flexibility index (Phi) is 5.46. The molecule has 9 heteroatoms. The van der Waals surface area contributed by atoms with Crippen LogP contribution in [0.3, 0.4) is 0 Å². The summed E-state index contributed by atoms with van der Waals surface area (Å²) < 4.78 is 42.0. The Morgan fingerprint density at radius 2 is 2.05 bits per heavy atom. The van der Waals surface area contributed by atoms with Gasteiger partial charge < -0.3 is 20.7 Å². The third kappa shape index (κ3) is 5.54. The van der Waals surface area contributed by atoms with Crippen molar-refractivity contribution in [3.05, 3.63) is 0 Å². The zero-order valence-corrected chi connectivity index (χ0v) is 11.1. The number of nitrogens with one attached hydrogen (secondary N) is 1. The van der Waals surface area contributed by atoms with Gasteiger partial charge in [0, 0.05) is 19.5 Å². The average Bonchev–Trinajstić information content (AvgIpc) is 2.26. The molecule has 0 bridgehead atoms. The number of hydrogen-bond acceptors (Lipinski definition) is 3. The molecule has 2 unspecified atom stereocenters. The number of nitrogens with two attached hydrogens (primary N) is 1. The van der Waals surface area contributed by atoms with Gasteiger partial charge in [0.2, 0.25) is 0 Å². The summed E-state index contributed by atoms with van der Waals surface area (Å²) in [6.45, 7) is 1.80. The molecule has 0 aromatic heterocycles. The van der Waals surface area contributed by atoms with Gasteiger partial charge in [0.05, 0.1) is 12.6 Å². The second kappa shape index (κ2) is 6.67. The van der Waals surface area contributed by atoms with E-state index < -0.39 is 36.7 Å². The minimum Gasteiger partial charge on any atom is -0.450 e. The van der Waals surface area contributed by atoms with Gasteiger partial charge in [-0.1, -0.05) is 0 Å². The molecule has 0 saturated carbocycles. The number of urea groups is 1. The van der Waals surface area contributed by atoms with Gasteiger partial charge in [0.15, 0.2) is 0 Å². The standard InChI is InChI=1S/C11H18F3N3O3/c1-2-20-10(19)16-8-3-7(4-11(12,13)14)5-17(6-8)9(15)18/h7-8H,2-6H2,1H3,(H2,15,18)(H,16,19). The minimum atomic E-state index is -4.32. The largest absolute Gasteiger partial charge is 0.450 e. The van der Waals surface area contributed by atoms with Crippen LogP contribution in [0.1, 0.15) is 19.8 Å². The zero-order chi connectivity index (χ0) is 15.3. The molecule has 0 aliphatic carbocycles. The Hall–Kier alpha value is -1.67. The number of piperidine rings is 1. The molecule has 6 nitrogen and oxygen atoms in total. The van der Waals surface area contributed by atoms with Gasteiger partial charge in [-0.15, -0.1) is 0 Å². The molecule has 20 heavy (non-hydrogen) atoms. The summed E-state index contributed by atoms with van der Waals surface area (Å²) in [7, 11) is 0. The summed E-state index contributed by atoms with van der Waals surface area (Å²) in [5, 5.41) is 2.44. The van der Waals surface area contributed by atoms with Crippen LogP contribution in [0.2, 0.25) is 0 Å². The van der Waals surface area contributed by atoms with Crippen LogP contribution in [0.15, 0.2) is 0 Å². The van der Waals surface area contributed by atoms with Crippen molar-refractivity contribution in [1.29, 1.82) is 0 Å². The van der Waals surface area contributed by atoms with Crippen molar-refractivity contribution in [2.24, 2.45) is 11.7 Å². The summed E-state index contributed by atoms with van der Waals surface area (Å²) in [6, 6.07) is -1.39. The van der Waals surface area contributed by atoms with Crippen molar-refractivity contribution in [2.75, 3.05) is 19.7 Å². The van der Waals surface area contributed by atoms with Crippen molar-refractivity contribution in [1.82, 2.24) is 10.2 Å². The lowest BCUT2D eigenvalue weighted by Crippen LogP contribution is -2.54. The summed E-state index contributed by atoms with van der Waals surface area (Å²) in [5.41, 5.74) is 5.11. The molecule has 1 heterocycles. The average molecular weight is 297 g/mol. The van der Waals surface area contributed by atoms with Crippen LogP contribution in [0.25, 0.3) is 0 Å². The highest BCUT2D eigenvalue weighted by atomic mass is 19.4. The van der Waals surface area contributed by atoms with Crippen molar-refractivity contribution < 1.29 is 27.5 Å². The molecule has 1 rings (SSSR count). The smallest absolute Gasteiger partial charge is 0.407 e. The normalized spacial score (nSPS) is 23.3. The molecular formula is C11H18F3N3O3. The van der Waals surface area contributed by atoms with E-state index in [-0.39, 0.29) is 26.1 Å². The number of ether oxygens (including phenoxy) is 1. The van der Waals surface area contributed by atoms with Gasteiger partial charge in [-0.25, -0.2) is 9.59 Å². The molecule has 1 aliphatic rings. The first-order valence-corrected chi connectivity index (χ1v) is 6.25. The van der Waals surface area contributed by atoms with Crippen LogP contribution in [0.4, 0.5) is 22.8 Å². The fraction of sp³-hybridized carbons (Fsp3) is 0.818. The third-order valence-corrected chi connectivity index (χ3v) is 2.97. The van der Waals surface area contributed by atoms with Crippen LogP contribution in [0, 0.1) is 5.92 Å². The van der Waals surface area contributed by atoms with E-state index in [0.717, 1.165) is 4.90 Å². The number of likely N-dealkylation sites (tertiary alicyclic amines) is 1. The first-order valence-electron chi connectivity index (χ1n) is 6.25. The highest BCUT2D eigenvalue weighted by Gasteiger charge is 2.37. The molecule has 3 N–H and O–H groups in total. The van der Waals surface area contributed by atoms with E-state index in [0.29, 0.717) is 0 Å². The van der Waals surface area contributed by atoms with E-state index >= 15 is 0 Å². The first-order chi connectivity index (χ1) is 9.21. The number of halogens is 3. The Morgan fingerprint density at radius 1 is 1.40 bits per heavy atom. The maximum absolute atomic E-state index is 12.4. The summed E-state index contributed by atoms with van der Waals surface area (Å²) >= 11 is 0. The van der Waals surface area contributed by atoms with E-state index in [1.807, 2.05) is 0 Å². The SMILES string of the molecule is CCOC(=O)NC1CC(CC(F)(F)F)CN(C(N)=O)C1. The zero-order valence-electron chi connectivity index (χ0n) is 11.1. The van der Waals surface area contributed by atoms with Gasteiger partial charge in [-0.2, -0.15) is 13.2 Å². The Balaban J connectivity index is 2.65. The quantitative estimate of drug-likeness (QED) is 0.827. The molecule has 0 radical (unpaired) electrons. The number of alkyl carbamates (subject to hydrolysis) is 1. The molecule has 1 aliphatic heterocycles. The molecule has 1 fully saturated rings. The summed E-state index contributed by atoms with van der Waals surface area (Å²) in [4.78, 5) is 23.5. The third-order valence-electron chi connectivity index (χ3n) is 2.97. The summed E-state index contributed by atoms with van der Waals surface area (Å²) in [6.07, 6.45) is -5.92. The topological polar surface area (TPSA) is 84.7 Å². The van der Waals surface area contributed by atoms with Crippen molar-refractivity contribution in [3.63, 3.8) is 0 Å². The van der Waals surface area contributed by atoms with Crippen LogP contribution < -0.4 is 11.1 Å². The number of amides is 3. The molecule has 2 atom stereocenters. The van der Waals surface area contributed by atoms with Gasteiger partial charge in [-0.3, -0.25) is 0 Å². The lowest BCUT2D eigenvalue weighted by Gasteiger charge is -2.37. The number of nitrogens with zero attached hydrogens (tertiary/aromatic N) is 1. The monoisotopic (exact) mass is 297 g/mol. The molecule has 116 valence electrons. The lowest BCUT2D eigenvalue weighted by atomic mass is 9.91. The van der Waals surface area contributed by atoms with Crippen molar-refractivity contribution in [3.8, 4) is 0 Å². The van der Waals surface area contributed by atoms with Crippen LogP contribution in [-0.2, 0) is 4.74 Å². The van der Waals surface area contributed by atoms with E-state index in [1.54, 1.807) is 6.92 Å². The number of carbonyl (C=O) groups excluding carboxylic acids is 2. The summed E-state index contributed by atoms with van der Waals surface area (Å²) in [5.74, 6) is -0.789. The fourth-order valence-corrected chi connectivity index (χ4v) is 2.30. The molecule has 3 amide bonds. The minimum absolute atomic E-state index is 0.0597. The lowest BCUT2D eigenvalue weighted by molar-refractivity contribution is -0.147. The maximum Gasteiger partial charge on any atom is 0.407 e. The van der Waals surface area contributed by atoms with E-state index in [9.17, 15) is 22.8 Å². The number of rotatable bonds is 3. The van der Waals surface area contributed by atoms with Gasteiger partial charge in [0.1, 0.15) is 0 Å². The van der Waals surface area contributed by atoms with Crippen LogP contribution in [-0.4, -0.2) is 48.9 Å². The Labute approximate surface area is 114 Å². The van der Waals surface area contributed by atoms with Crippen LogP contribution in [0.5, 0.6) is 0 Å². The number of hydrogen-bond donors (Lipinski definition) is 2. The number of carbonyl (C=O) groups is 2. The van der Waals surface area contributed by atoms with E-state index in [2.05, 4.69) is 10.1 Å².